The van der Waals surface area contributed by atoms with Gasteiger partial charge >= 0.3 is 5.97 Å². The maximum Gasteiger partial charge on any atom is 0.339 e. The zero-order chi connectivity index (χ0) is 18.8. The van der Waals surface area contributed by atoms with Crippen molar-refractivity contribution in [2.45, 2.75) is 13.8 Å². The largest absolute Gasteiger partial charge is 0.478 e. The first-order chi connectivity index (χ1) is 12.4. The van der Waals surface area contributed by atoms with Crippen LogP contribution < -0.4 is 5.32 Å². The van der Waals surface area contributed by atoms with Crippen LogP contribution in [0, 0.1) is 13.8 Å². The zero-order valence-corrected chi connectivity index (χ0v) is 16.6. The van der Waals surface area contributed by atoms with E-state index >= 15 is 0 Å². The molecule has 0 aliphatic heterocycles. The van der Waals surface area contributed by atoms with Gasteiger partial charge in [-0.2, -0.15) is 0 Å². The molecular formula is C20H16BrNO3S. The SMILES string of the molecule is Cc1ccc(C(=O)Nc2sc(C)c(-c3ccc(Br)cc3)c2C(=O)O)cc1. The van der Waals surface area contributed by atoms with Crippen LogP contribution in [0.25, 0.3) is 11.1 Å². The molecule has 2 aromatic carbocycles. The van der Waals surface area contributed by atoms with Gasteiger partial charge in [-0.05, 0) is 43.7 Å². The highest BCUT2D eigenvalue weighted by atomic mass is 79.9. The molecule has 4 nitrogen and oxygen atoms in total. The Morgan fingerprint density at radius 2 is 1.62 bits per heavy atom. The Hall–Kier alpha value is -2.44. The van der Waals surface area contributed by atoms with Crippen molar-refractivity contribution in [3.63, 3.8) is 0 Å². The van der Waals surface area contributed by atoms with Crippen molar-refractivity contribution >= 4 is 44.1 Å². The number of aryl methyl sites for hydroxylation is 2. The van der Waals surface area contributed by atoms with Crippen molar-refractivity contribution in [3.05, 3.63) is 74.6 Å². The normalized spacial score (nSPS) is 10.6. The van der Waals surface area contributed by atoms with Crippen LogP contribution in [0.2, 0.25) is 0 Å². The molecular weight excluding hydrogens is 414 g/mol. The molecule has 0 aliphatic carbocycles. The van der Waals surface area contributed by atoms with Crippen molar-refractivity contribution < 1.29 is 14.7 Å². The summed E-state index contributed by atoms with van der Waals surface area (Å²) < 4.78 is 0.916. The first-order valence-corrected chi connectivity index (χ1v) is 9.48. The van der Waals surface area contributed by atoms with Gasteiger partial charge in [-0.15, -0.1) is 11.3 Å². The Bertz CT molecular complexity index is 976. The average Bonchev–Trinajstić information content (AvgIpc) is 2.92. The lowest BCUT2D eigenvalue weighted by molar-refractivity contribution is 0.0699. The summed E-state index contributed by atoms with van der Waals surface area (Å²) >= 11 is 4.65. The van der Waals surface area contributed by atoms with Crippen LogP contribution in [-0.2, 0) is 0 Å². The van der Waals surface area contributed by atoms with Gasteiger partial charge in [0.2, 0.25) is 0 Å². The lowest BCUT2D eigenvalue weighted by atomic mass is 10.0. The molecule has 0 atom stereocenters. The molecule has 1 aromatic heterocycles. The van der Waals surface area contributed by atoms with Gasteiger partial charge in [0.05, 0.1) is 0 Å². The number of carboxylic acid groups (broad SMARTS) is 1. The minimum Gasteiger partial charge on any atom is -0.478 e. The van der Waals surface area contributed by atoms with Crippen LogP contribution in [-0.4, -0.2) is 17.0 Å². The van der Waals surface area contributed by atoms with Gasteiger partial charge in [0.1, 0.15) is 10.6 Å². The van der Waals surface area contributed by atoms with Gasteiger partial charge in [0.25, 0.3) is 5.91 Å². The van der Waals surface area contributed by atoms with Crippen molar-refractivity contribution in [2.24, 2.45) is 0 Å². The summed E-state index contributed by atoms with van der Waals surface area (Å²) in [7, 11) is 0. The molecule has 3 rings (SSSR count). The maximum atomic E-state index is 12.5. The van der Waals surface area contributed by atoms with Crippen molar-refractivity contribution in [2.75, 3.05) is 5.32 Å². The number of anilines is 1. The fourth-order valence-corrected chi connectivity index (χ4v) is 4.01. The second-order valence-electron chi connectivity index (χ2n) is 5.87. The number of carbonyl (C=O) groups excluding carboxylic acids is 1. The second kappa shape index (κ2) is 7.43. The van der Waals surface area contributed by atoms with E-state index in [-0.39, 0.29) is 11.5 Å². The summed E-state index contributed by atoms with van der Waals surface area (Å²) in [6, 6.07) is 14.6. The highest BCUT2D eigenvalue weighted by Crippen LogP contribution is 2.40. The van der Waals surface area contributed by atoms with Crippen molar-refractivity contribution in [3.8, 4) is 11.1 Å². The maximum absolute atomic E-state index is 12.5. The van der Waals surface area contributed by atoms with Crippen LogP contribution in [0.15, 0.2) is 53.0 Å². The van der Waals surface area contributed by atoms with E-state index in [1.54, 1.807) is 12.1 Å². The molecule has 132 valence electrons. The van der Waals surface area contributed by atoms with E-state index in [1.165, 1.54) is 11.3 Å². The molecule has 2 N–H and O–H groups in total. The minimum absolute atomic E-state index is 0.121. The molecule has 1 amide bonds. The third-order valence-corrected chi connectivity index (χ3v) is 5.52. The molecule has 0 saturated heterocycles. The topological polar surface area (TPSA) is 66.4 Å². The van der Waals surface area contributed by atoms with Gasteiger partial charge in [0, 0.05) is 20.5 Å². The highest BCUT2D eigenvalue weighted by Gasteiger charge is 2.24. The number of carbonyl (C=O) groups is 2. The van der Waals surface area contributed by atoms with Crippen LogP contribution in [0.5, 0.6) is 0 Å². The molecule has 0 radical (unpaired) electrons. The number of amides is 1. The van der Waals surface area contributed by atoms with Gasteiger partial charge in [-0.25, -0.2) is 4.79 Å². The Morgan fingerprint density at radius 3 is 2.19 bits per heavy atom. The van der Waals surface area contributed by atoms with E-state index in [9.17, 15) is 14.7 Å². The number of carboxylic acids is 1. The predicted octanol–water partition coefficient (Wildman–Crippen LogP) is 5.74. The van der Waals surface area contributed by atoms with Crippen LogP contribution in [0.1, 0.15) is 31.2 Å². The number of rotatable bonds is 4. The standard InChI is InChI=1S/C20H16BrNO3S/c1-11-3-5-14(6-4-11)18(23)22-19-17(20(24)25)16(12(2)26-19)13-7-9-15(21)10-8-13/h3-10H,1-2H3,(H,22,23)(H,24,25). The van der Waals surface area contributed by atoms with E-state index in [0.29, 0.717) is 16.1 Å². The molecule has 0 spiro atoms. The number of benzene rings is 2. The van der Waals surface area contributed by atoms with Crippen molar-refractivity contribution in [1.82, 2.24) is 0 Å². The summed E-state index contributed by atoms with van der Waals surface area (Å²) in [6.45, 7) is 3.80. The van der Waals surface area contributed by atoms with Crippen LogP contribution in [0.3, 0.4) is 0 Å². The Kier molecular flexibility index (Phi) is 5.25. The van der Waals surface area contributed by atoms with Gasteiger partial charge in [-0.3, -0.25) is 4.79 Å². The lowest BCUT2D eigenvalue weighted by Gasteiger charge is -2.07. The Balaban J connectivity index is 2.01. The zero-order valence-electron chi connectivity index (χ0n) is 14.2. The minimum atomic E-state index is -1.06. The van der Waals surface area contributed by atoms with E-state index in [2.05, 4.69) is 21.2 Å². The van der Waals surface area contributed by atoms with Crippen molar-refractivity contribution in [1.29, 1.82) is 0 Å². The van der Waals surface area contributed by atoms with E-state index < -0.39 is 5.97 Å². The first-order valence-electron chi connectivity index (χ1n) is 7.87. The quantitative estimate of drug-likeness (QED) is 0.554. The molecule has 0 bridgehead atoms. The molecule has 0 fully saturated rings. The average molecular weight is 430 g/mol. The molecule has 0 aliphatic rings. The Morgan fingerprint density at radius 1 is 1.00 bits per heavy atom. The van der Waals surface area contributed by atoms with Gasteiger partial charge in [-0.1, -0.05) is 45.8 Å². The smallest absolute Gasteiger partial charge is 0.339 e. The summed E-state index contributed by atoms with van der Waals surface area (Å²) in [6.07, 6.45) is 0. The van der Waals surface area contributed by atoms with Crippen LogP contribution in [0.4, 0.5) is 5.00 Å². The fraction of sp³-hybridized carbons (Fsp3) is 0.100. The third-order valence-electron chi connectivity index (χ3n) is 3.97. The number of aromatic carboxylic acids is 1. The molecule has 3 aromatic rings. The van der Waals surface area contributed by atoms with Gasteiger partial charge in [0.15, 0.2) is 0 Å². The molecule has 26 heavy (non-hydrogen) atoms. The molecule has 0 unspecified atom stereocenters. The van der Waals surface area contributed by atoms with Gasteiger partial charge < -0.3 is 10.4 Å². The number of halogens is 1. The number of hydrogen-bond acceptors (Lipinski definition) is 3. The molecule has 6 heteroatoms. The van der Waals surface area contributed by atoms with E-state index in [4.69, 9.17) is 0 Å². The number of thiophene rings is 1. The Labute approximate surface area is 163 Å². The highest BCUT2D eigenvalue weighted by molar-refractivity contribution is 9.10. The summed E-state index contributed by atoms with van der Waals surface area (Å²) in [5, 5.41) is 12.8. The number of nitrogens with one attached hydrogen (secondary N) is 1. The second-order valence-corrected chi connectivity index (χ2v) is 8.01. The van der Waals surface area contributed by atoms with E-state index in [0.717, 1.165) is 20.5 Å². The van der Waals surface area contributed by atoms with E-state index in [1.807, 2.05) is 50.2 Å². The summed E-state index contributed by atoms with van der Waals surface area (Å²) in [4.78, 5) is 25.2. The van der Waals surface area contributed by atoms with Crippen LogP contribution >= 0.6 is 27.3 Å². The predicted molar refractivity (Wildman–Crippen MR) is 108 cm³/mol. The number of hydrogen-bond donors (Lipinski definition) is 2. The monoisotopic (exact) mass is 429 g/mol. The molecule has 0 saturated carbocycles. The third kappa shape index (κ3) is 3.71. The first kappa shape index (κ1) is 18.4. The summed E-state index contributed by atoms with van der Waals surface area (Å²) in [5.74, 6) is -1.39. The summed E-state index contributed by atoms with van der Waals surface area (Å²) in [5.41, 5.74) is 3.10. The fourth-order valence-electron chi connectivity index (χ4n) is 2.68. The lowest BCUT2D eigenvalue weighted by Crippen LogP contribution is -2.13. The molecule has 1 heterocycles.